The summed E-state index contributed by atoms with van der Waals surface area (Å²) < 4.78 is 1.94. The highest BCUT2D eigenvalue weighted by Crippen LogP contribution is 2.27. The van der Waals surface area contributed by atoms with Crippen molar-refractivity contribution >= 4 is 34.1 Å². The van der Waals surface area contributed by atoms with Gasteiger partial charge in [-0.3, -0.25) is 4.68 Å². The third-order valence-corrected chi connectivity index (χ3v) is 3.92. The van der Waals surface area contributed by atoms with Crippen molar-refractivity contribution in [2.45, 2.75) is 27.3 Å². The third kappa shape index (κ3) is 3.22. The van der Waals surface area contributed by atoms with E-state index in [0.29, 0.717) is 16.6 Å². The SMILES string of the molecule is CC.Cc1nn(Cc2c(Cl)cccc2Cl)c2ccccc12. The van der Waals surface area contributed by atoms with Crippen LogP contribution in [0.3, 0.4) is 0 Å². The minimum absolute atomic E-state index is 0.576. The molecule has 2 aromatic carbocycles. The van der Waals surface area contributed by atoms with E-state index in [9.17, 15) is 0 Å². The average Bonchev–Trinajstić information content (AvgIpc) is 2.82. The Balaban J connectivity index is 0.000000774. The molecule has 21 heavy (non-hydrogen) atoms. The van der Waals surface area contributed by atoms with Crippen LogP contribution >= 0.6 is 23.2 Å². The summed E-state index contributed by atoms with van der Waals surface area (Å²) in [4.78, 5) is 0. The molecule has 2 nitrogen and oxygen atoms in total. The molecule has 0 aliphatic carbocycles. The molecule has 1 aromatic heterocycles. The fraction of sp³-hybridized carbons (Fsp3) is 0.235. The normalized spacial score (nSPS) is 10.3. The van der Waals surface area contributed by atoms with Crippen LogP contribution in [0.1, 0.15) is 25.1 Å². The topological polar surface area (TPSA) is 17.8 Å². The highest BCUT2D eigenvalue weighted by atomic mass is 35.5. The van der Waals surface area contributed by atoms with Crippen molar-refractivity contribution in [1.82, 2.24) is 9.78 Å². The molecule has 0 spiro atoms. The number of hydrogen-bond acceptors (Lipinski definition) is 1. The van der Waals surface area contributed by atoms with Gasteiger partial charge in [-0.05, 0) is 25.1 Å². The predicted molar refractivity (Wildman–Crippen MR) is 91.4 cm³/mol. The Morgan fingerprint density at radius 2 is 1.57 bits per heavy atom. The molecule has 0 atom stereocenters. The van der Waals surface area contributed by atoms with E-state index in [1.807, 2.05) is 55.8 Å². The number of para-hydroxylation sites is 1. The molecule has 0 saturated carbocycles. The first-order valence-corrected chi connectivity index (χ1v) is 7.77. The van der Waals surface area contributed by atoms with Crippen molar-refractivity contribution in [2.24, 2.45) is 0 Å². The number of benzene rings is 2. The summed E-state index contributed by atoms with van der Waals surface area (Å²) in [7, 11) is 0. The molecule has 0 saturated heterocycles. The second-order valence-electron chi connectivity index (χ2n) is 4.46. The van der Waals surface area contributed by atoms with Gasteiger partial charge in [0.2, 0.25) is 0 Å². The fourth-order valence-electron chi connectivity index (χ4n) is 2.25. The van der Waals surface area contributed by atoms with Gasteiger partial charge < -0.3 is 0 Å². The van der Waals surface area contributed by atoms with Gasteiger partial charge in [-0.25, -0.2) is 0 Å². The van der Waals surface area contributed by atoms with Crippen LogP contribution in [0.15, 0.2) is 42.5 Å². The zero-order valence-corrected chi connectivity index (χ0v) is 13.9. The van der Waals surface area contributed by atoms with E-state index < -0.39 is 0 Å². The van der Waals surface area contributed by atoms with Gasteiger partial charge in [-0.15, -0.1) is 0 Å². The fourth-order valence-corrected chi connectivity index (χ4v) is 2.76. The summed E-state index contributed by atoms with van der Waals surface area (Å²) in [5, 5.41) is 7.07. The summed E-state index contributed by atoms with van der Waals surface area (Å²) in [5.41, 5.74) is 3.01. The minimum Gasteiger partial charge on any atom is -0.260 e. The smallest absolute Gasteiger partial charge is 0.0696 e. The molecule has 0 amide bonds. The van der Waals surface area contributed by atoms with Crippen LogP contribution in [0.4, 0.5) is 0 Å². The minimum atomic E-state index is 0.576. The molecule has 1 heterocycles. The van der Waals surface area contributed by atoms with E-state index in [1.165, 1.54) is 0 Å². The van der Waals surface area contributed by atoms with E-state index in [1.54, 1.807) is 0 Å². The third-order valence-electron chi connectivity index (χ3n) is 3.21. The van der Waals surface area contributed by atoms with Gasteiger partial charge in [0.25, 0.3) is 0 Å². The molecule has 3 rings (SSSR count). The number of halogens is 2. The molecule has 0 aliphatic heterocycles. The first kappa shape index (κ1) is 15.9. The van der Waals surface area contributed by atoms with E-state index in [2.05, 4.69) is 17.2 Å². The molecule has 0 N–H and O–H groups in total. The summed E-state index contributed by atoms with van der Waals surface area (Å²) in [6.07, 6.45) is 0. The number of nitrogens with zero attached hydrogens (tertiary/aromatic N) is 2. The first-order valence-electron chi connectivity index (χ1n) is 7.02. The molecule has 0 fully saturated rings. The lowest BCUT2D eigenvalue weighted by molar-refractivity contribution is 0.703. The summed E-state index contributed by atoms with van der Waals surface area (Å²) in [6, 6.07) is 13.7. The van der Waals surface area contributed by atoms with Crippen LogP contribution in [-0.4, -0.2) is 9.78 Å². The van der Waals surface area contributed by atoms with Crippen molar-refractivity contribution < 1.29 is 0 Å². The van der Waals surface area contributed by atoms with Gasteiger partial charge in [-0.2, -0.15) is 5.10 Å². The Morgan fingerprint density at radius 1 is 0.952 bits per heavy atom. The van der Waals surface area contributed by atoms with E-state index in [0.717, 1.165) is 22.2 Å². The monoisotopic (exact) mass is 320 g/mol. The maximum absolute atomic E-state index is 6.21. The molecule has 4 heteroatoms. The highest BCUT2D eigenvalue weighted by molar-refractivity contribution is 6.36. The zero-order chi connectivity index (χ0) is 15.4. The zero-order valence-electron chi connectivity index (χ0n) is 12.4. The number of hydrogen-bond donors (Lipinski definition) is 0. The van der Waals surface area contributed by atoms with Crippen LogP contribution < -0.4 is 0 Å². The Kier molecular flexibility index (Phi) is 5.27. The Hall–Kier alpha value is -1.51. The van der Waals surface area contributed by atoms with E-state index in [-0.39, 0.29) is 0 Å². The second-order valence-corrected chi connectivity index (χ2v) is 5.27. The quantitative estimate of drug-likeness (QED) is 0.590. The summed E-state index contributed by atoms with van der Waals surface area (Å²) >= 11 is 12.4. The maximum Gasteiger partial charge on any atom is 0.0696 e. The van der Waals surface area contributed by atoms with Gasteiger partial charge in [-0.1, -0.05) is 61.3 Å². The van der Waals surface area contributed by atoms with Gasteiger partial charge in [0.05, 0.1) is 17.8 Å². The van der Waals surface area contributed by atoms with Crippen LogP contribution in [0.25, 0.3) is 10.9 Å². The molecule has 0 aliphatic rings. The average molecular weight is 321 g/mol. The predicted octanol–water partition coefficient (Wildman–Crippen LogP) is 5.73. The number of aryl methyl sites for hydroxylation is 1. The number of rotatable bonds is 2. The molecule has 0 radical (unpaired) electrons. The van der Waals surface area contributed by atoms with Gasteiger partial charge in [0, 0.05) is 21.0 Å². The summed E-state index contributed by atoms with van der Waals surface area (Å²) in [6.45, 7) is 6.58. The molecular weight excluding hydrogens is 303 g/mol. The van der Waals surface area contributed by atoms with Crippen LogP contribution in [0.2, 0.25) is 10.0 Å². The molecular formula is C17H18Cl2N2. The van der Waals surface area contributed by atoms with Crippen molar-refractivity contribution in [2.75, 3.05) is 0 Å². The highest BCUT2D eigenvalue weighted by Gasteiger charge is 2.10. The van der Waals surface area contributed by atoms with Crippen LogP contribution in [-0.2, 0) is 6.54 Å². The lowest BCUT2D eigenvalue weighted by Gasteiger charge is -2.08. The van der Waals surface area contributed by atoms with Crippen molar-refractivity contribution in [1.29, 1.82) is 0 Å². The molecule has 3 aromatic rings. The number of fused-ring (bicyclic) bond motifs is 1. The molecule has 0 bridgehead atoms. The second kappa shape index (κ2) is 6.97. The first-order chi connectivity index (χ1) is 10.2. The van der Waals surface area contributed by atoms with Gasteiger partial charge in [0.15, 0.2) is 0 Å². The largest absolute Gasteiger partial charge is 0.260 e. The van der Waals surface area contributed by atoms with Crippen LogP contribution in [0.5, 0.6) is 0 Å². The molecule has 0 unspecified atom stereocenters. The lowest BCUT2D eigenvalue weighted by Crippen LogP contribution is -2.03. The lowest BCUT2D eigenvalue weighted by atomic mass is 10.2. The molecule has 110 valence electrons. The maximum atomic E-state index is 6.21. The summed E-state index contributed by atoms with van der Waals surface area (Å²) in [5.74, 6) is 0. The van der Waals surface area contributed by atoms with E-state index in [4.69, 9.17) is 23.2 Å². The number of aromatic nitrogens is 2. The van der Waals surface area contributed by atoms with Crippen molar-refractivity contribution in [3.63, 3.8) is 0 Å². The Morgan fingerprint density at radius 3 is 2.24 bits per heavy atom. The van der Waals surface area contributed by atoms with Crippen molar-refractivity contribution in [3.8, 4) is 0 Å². The standard InChI is InChI=1S/C15H12Cl2N2.C2H6/c1-10-11-5-2-3-8-15(11)19(18-10)9-12-13(16)6-4-7-14(12)17;1-2/h2-8H,9H2,1H3;1-2H3. The van der Waals surface area contributed by atoms with Crippen LogP contribution in [0, 0.1) is 6.92 Å². The van der Waals surface area contributed by atoms with Crippen molar-refractivity contribution in [3.05, 3.63) is 63.8 Å². The van der Waals surface area contributed by atoms with Gasteiger partial charge in [0.1, 0.15) is 0 Å². The Bertz CT molecular complexity index is 727. The van der Waals surface area contributed by atoms with Gasteiger partial charge >= 0.3 is 0 Å². The van der Waals surface area contributed by atoms with E-state index >= 15 is 0 Å². The Labute approximate surface area is 135 Å².